The molecular weight excluding hydrogens is 849 g/mol. The predicted molar refractivity (Wildman–Crippen MR) is 251 cm³/mol. The molecule has 4 amide bonds. The van der Waals surface area contributed by atoms with E-state index in [1.165, 1.54) is 73.3 Å². The number of methoxy groups -OCH3 is 2. The maximum atomic E-state index is 13.9. The number of carbonyl (C=O) groups is 5. The van der Waals surface area contributed by atoms with Crippen LogP contribution in [0.3, 0.4) is 0 Å². The van der Waals surface area contributed by atoms with Crippen LogP contribution >= 0.6 is 0 Å². The van der Waals surface area contributed by atoms with Crippen LogP contribution < -0.4 is 5.32 Å². The highest BCUT2D eigenvalue weighted by Crippen LogP contribution is 2.57. The summed E-state index contributed by atoms with van der Waals surface area (Å²) in [5, 5.41) is 2.74. The number of ether oxygens (including phenoxy) is 2. The second-order valence-electron chi connectivity index (χ2n) is 20.5. The van der Waals surface area contributed by atoms with Crippen molar-refractivity contribution in [3.63, 3.8) is 0 Å². The number of likely N-dealkylation sites (tertiary alicyclic amines) is 2. The monoisotopic (exact) mass is 910 g/mol. The molecule has 4 aliphatic carbocycles. The zero-order chi connectivity index (χ0) is 46.9. The van der Waals surface area contributed by atoms with E-state index in [2.05, 4.69) is 44.5 Å². The molecule has 67 heavy (non-hydrogen) atoms. The number of aromatic nitrogens is 4. The number of amides is 4. The van der Waals surface area contributed by atoms with Crippen LogP contribution in [0, 0.1) is 23.2 Å². The summed E-state index contributed by atoms with van der Waals surface area (Å²) in [6.07, 6.45) is 13.6. The number of hydrogen-bond donors (Lipinski definition) is 3. The van der Waals surface area contributed by atoms with Crippen LogP contribution in [0.15, 0.2) is 41.7 Å². The van der Waals surface area contributed by atoms with E-state index in [4.69, 9.17) is 19.4 Å². The van der Waals surface area contributed by atoms with Crippen LogP contribution in [-0.2, 0) is 43.1 Å². The Bertz CT molecular complexity index is 2690. The third kappa shape index (κ3) is 7.75. The first kappa shape index (κ1) is 44.7. The molecule has 4 fully saturated rings. The minimum absolute atomic E-state index is 0.0298. The third-order valence-electron chi connectivity index (χ3n) is 16.0. The van der Waals surface area contributed by atoms with E-state index in [0.29, 0.717) is 37.5 Å². The lowest BCUT2D eigenvalue weighted by molar-refractivity contribution is -0.135. The summed E-state index contributed by atoms with van der Waals surface area (Å²) in [5.41, 5.74) is 12.1. The van der Waals surface area contributed by atoms with Gasteiger partial charge in [0.15, 0.2) is 0 Å². The molecule has 2 aromatic heterocycles. The summed E-state index contributed by atoms with van der Waals surface area (Å²) in [4.78, 5) is 90.0. The number of carbonyl (C=O) groups excluding carboxylic acids is 5. The van der Waals surface area contributed by atoms with Crippen LogP contribution in [0.25, 0.3) is 33.6 Å². The second kappa shape index (κ2) is 17.5. The number of aliphatic imine (C=N–C) groups is 1. The third-order valence-corrected chi connectivity index (χ3v) is 16.0. The lowest BCUT2D eigenvalue weighted by atomic mass is 9.71. The maximum absolute atomic E-state index is 13.9. The fourth-order valence-electron chi connectivity index (χ4n) is 12.5. The number of ketones is 1. The predicted octanol–water partition coefficient (Wildman–Crippen LogP) is 8.59. The number of hydrogen-bond acceptors (Lipinski definition) is 9. The van der Waals surface area contributed by atoms with E-state index in [9.17, 15) is 24.0 Å². The smallest absolute Gasteiger partial charge is 0.433 e. The maximum Gasteiger partial charge on any atom is 0.433 e. The zero-order valence-corrected chi connectivity index (χ0v) is 39.5. The van der Waals surface area contributed by atoms with Crippen LogP contribution in [0.4, 0.5) is 9.59 Å². The highest BCUT2D eigenvalue weighted by atomic mass is 16.5. The van der Waals surface area contributed by atoms with Crippen molar-refractivity contribution < 1.29 is 33.4 Å². The molecule has 15 nitrogen and oxygen atoms in total. The molecule has 0 radical (unpaired) electrons. The van der Waals surface area contributed by atoms with Gasteiger partial charge >= 0.3 is 12.2 Å². The number of Topliss-reactive ketones (excluding diaryl/α,β-unsaturated/α-hetero) is 1. The van der Waals surface area contributed by atoms with Crippen molar-refractivity contribution in [2.24, 2.45) is 28.2 Å². The van der Waals surface area contributed by atoms with Gasteiger partial charge in [-0.1, -0.05) is 64.8 Å². The van der Waals surface area contributed by atoms with E-state index in [1.54, 1.807) is 4.90 Å². The average Bonchev–Trinajstić information content (AvgIpc) is 4.18. The zero-order valence-electron chi connectivity index (χ0n) is 39.5. The Labute approximate surface area is 391 Å². The van der Waals surface area contributed by atoms with Crippen molar-refractivity contribution in [3.05, 3.63) is 70.6 Å². The molecule has 0 bridgehead atoms. The highest BCUT2D eigenvalue weighted by molar-refractivity contribution is 6.40. The Morgan fingerprint density at radius 1 is 0.746 bits per heavy atom. The number of H-pyrrole nitrogens is 2. The molecule has 6 aliphatic rings. The summed E-state index contributed by atoms with van der Waals surface area (Å²) < 4.78 is 9.60. The lowest BCUT2D eigenvalue weighted by Crippen LogP contribution is -2.51. The van der Waals surface area contributed by atoms with Crippen LogP contribution in [0.1, 0.15) is 137 Å². The van der Waals surface area contributed by atoms with Gasteiger partial charge in [0.05, 0.1) is 50.1 Å². The minimum Gasteiger partial charge on any atom is -0.453 e. The summed E-state index contributed by atoms with van der Waals surface area (Å²) in [6, 6.07) is 7.75. The van der Waals surface area contributed by atoms with Crippen molar-refractivity contribution in [1.29, 1.82) is 0 Å². The van der Waals surface area contributed by atoms with Crippen LogP contribution in [0.2, 0.25) is 0 Å². The largest absolute Gasteiger partial charge is 0.453 e. The van der Waals surface area contributed by atoms with Crippen molar-refractivity contribution >= 4 is 35.5 Å². The molecule has 2 saturated heterocycles. The molecule has 2 aliphatic heterocycles. The van der Waals surface area contributed by atoms with Crippen LogP contribution in [0.5, 0.6) is 0 Å². The molecule has 15 heteroatoms. The number of nitrogens with one attached hydrogen (secondary N) is 3. The quantitative estimate of drug-likeness (QED) is 0.131. The molecule has 3 N–H and O–H groups in total. The number of imidazole rings is 2. The van der Waals surface area contributed by atoms with Gasteiger partial charge in [-0.15, -0.1) is 0 Å². The minimum atomic E-state index is -0.783. The normalized spacial score (nSPS) is 23.2. The molecule has 4 heterocycles. The van der Waals surface area contributed by atoms with E-state index in [0.717, 1.165) is 66.9 Å². The van der Waals surface area contributed by atoms with Gasteiger partial charge in [0.25, 0.3) is 5.91 Å². The number of nitrogens with zero attached hydrogens (tertiary/aromatic N) is 5. The Kier molecular flexibility index (Phi) is 11.7. The standard InChI is InChI=1S/C52H62N8O7/c1-27(2)44(57-50(64)66-5)48(62)59-19-9-11-40(59)46-53-25-38(55-46)30-15-16-32(43-34(30)21-33-35(43)22-42(33)61)29-13-14-31(37-24-52(23-36(29)37)17-7-8-18-52)39-26-54-47(56-39)41-12-10-20-60(41)49(63)45(28(3)4)58-51(65)67-6/h13-16,25-28,33,35,40-41,44H,7-12,17-24H2,1-6H3,(H,53,55)(H,54,56)(H,57,64). The number of fused-ring (bicyclic) bond motifs is 4. The molecule has 352 valence electrons. The van der Waals surface area contributed by atoms with Crippen molar-refractivity contribution in [3.8, 4) is 33.6 Å². The highest BCUT2D eigenvalue weighted by Gasteiger charge is 2.49. The Morgan fingerprint density at radius 2 is 1.33 bits per heavy atom. The molecular formula is C52H62N8O7. The number of rotatable bonds is 10. The lowest BCUT2D eigenvalue weighted by Gasteiger charge is -2.30. The number of aromatic amines is 2. The van der Waals surface area contributed by atoms with Gasteiger partial charge in [-0.05, 0) is 103 Å². The van der Waals surface area contributed by atoms with E-state index < -0.39 is 18.2 Å². The first-order valence-corrected chi connectivity index (χ1v) is 24.4. The number of alkyl carbamates (subject to hydrolysis) is 1. The van der Waals surface area contributed by atoms with Gasteiger partial charge in [0.1, 0.15) is 29.2 Å². The Morgan fingerprint density at radius 3 is 1.93 bits per heavy atom. The summed E-state index contributed by atoms with van der Waals surface area (Å²) in [6.45, 7) is 8.65. The van der Waals surface area contributed by atoms with E-state index in [1.807, 2.05) is 45.0 Å². The van der Waals surface area contributed by atoms with Crippen molar-refractivity contribution in [1.82, 2.24) is 35.1 Å². The fourth-order valence-corrected chi connectivity index (χ4v) is 12.5. The SMILES string of the molecule is COC(=O)N=C(C(=O)N1CCCC1c1ncc(-c2ccc(-c3ccc(-c4cnc(C5CCCN5C(=O)C(NC(=O)OC)C(C)C)[nH]4)c4c3C3CC(=O)C3C4)c3c2CC2(CCCC2)C3)[nH]1)C(C)C. The van der Waals surface area contributed by atoms with Gasteiger partial charge < -0.3 is 34.6 Å². The van der Waals surface area contributed by atoms with Gasteiger partial charge in [0, 0.05) is 48.4 Å². The summed E-state index contributed by atoms with van der Waals surface area (Å²) in [5.74, 6) is 1.09. The molecule has 2 aromatic carbocycles. The van der Waals surface area contributed by atoms with Crippen molar-refractivity contribution in [2.75, 3.05) is 27.3 Å². The fraction of sp³-hybridized carbons (Fsp3) is 0.538. The van der Waals surface area contributed by atoms with Gasteiger partial charge in [-0.2, -0.15) is 4.99 Å². The summed E-state index contributed by atoms with van der Waals surface area (Å²) in [7, 11) is 2.56. The van der Waals surface area contributed by atoms with E-state index in [-0.39, 0.29) is 58.7 Å². The molecule has 2 saturated carbocycles. The van der Waals surface area contributed by atoms with E-state index >= 15 is 0 Å². The summed E-state index contributed by atoms with van der Waals surface area (Å²) >= 11 is 0. The second-order valence-corrected chi connectivity index (χ2v) is 20.5. The van der Waals surface area contributed by atoms with Gasteiger partial charge in [0.2, 0.25) is 5.91 Å². The van der Waals surface area contributed by atoms with Gasteiger partial charge in [-0.25, -0.2) is 19.6 Å². The Balaban J connectivity index is 0.983. The molecule has 4 aromatic rings. The average molecular weight is 911 g/mol. The molecule has 5 atom stereocenters. The van der Waals surface area contributed by atoms with Crippen LogP contribution in [-0.4, -0.2) is 98.6 Å². The van der Waals surface area contributed by atoms with Crippen molar-refractivity contribution in [2.45, 2.75) is 129 Å². The first-order valence-electron chi connectivity index (χ1n) is 24.4. The molecule has 5 unspecified atom stereocenters. The molecule has 1 spiro atoms. The number of benzene rings is 2. The topological polar surface area (TPSA) is 192 Å². The Hall–Kier alpha value is -6.12. The molecule has 10 rings (SSSR count). The van der Waals surface area contributed by atoms with Gasteiger partial charge in [-0.3, -0.25) is 14.4 Å². The first-order chi connectivity index (χ1) is 32.3.